The molecule has 3 aromatic rings. The molecule has 0 bridgehead atoms. The number of pyridine rings is 2. The van der Waals surface area contributed by atoms with Gasteiger partial charge in [0.05, 0.1) is 24.3 Å². The molecule has 1 aliphatic rings. The van der Waals surface area contributed by atoms with Gasteiger partial charge in [-0.05, 0) is 25.1 Å². The Balaban J connectivity index is 1.65. The van der Waals surface area contributed by atoms with Gasteiger partial charge in [-0.3, -0.25) is 14.8 Å². The molecule has 4 heterocycles. The molecule has 10 heteroatoms. The number of aromatic nitrogens is 4. The third-order valence-corrected chi connectivity index (χ3v) is 4.79. The van der Waals surface area contributed by atoms with Crippen LogP contribution in [0.25, 0.3) is 0 Å². The average Bonchev–Trinajstić information content (AvgIpc) is 3.32. The topological polar surface area (TPSA) is 88.7 Å². The van der Waals surface area contributed by atoms with Crippen LogP contribution in [-0.4, -0.2) is 49.9 Å². The lowest BCUT2D eigenvalue weighted by Gasteiger charge is -2.21. The number of aliphatic imine (C=N–C) groups is 1. The zero-order valence-electron chi connectivity index (χ0n) is 16.7. The van der Waals surface area contributed by atoms with E-state index >= 15 is 0 Å². The summed E-state index contributed by atoms with van der Waals surface area (Å²) >= 11 is 0. The zero-order chi connectivity index (χ0) is 21.3. The van der Waals surface area contributed by atoms with Gasteiger partial charge in [0.1, 0.15) is 11.5 Å². The van der Waals surface area contributed by atoms with Crippen molar-refractivity contribution < 1.29 is 14.0 Å². The summed E-state index contributed by atoms with van der Waals surface area (Å²) < 4.78 is 15.7. The molecule has 9 nitrogen and oxygen atoms in total. The number of carbonyl (C=O) groups excluding carboxylic acids is 1. The number of hydrogen-bond acceptors (Lipinski definition) is 7. The highest BCUT2D eigenvalue weighted by molar-refractivity contribution is 6.06. The van der Waals surface area contributed by atoms with Crippen LogP contribution in [0.4, 0.5) is 10.1 Å². The number of nitrogens with zero attached hydrogens (tertiary/aromatic N) is 7. The number of amides is 1. The van der Waals surface area contributed by atoms with E-state index < -0.39 is 12.0 Å². The van der Waals surface area contributed by atoms with E-state index in [1.807, 2.05) is 13.0 Å². The van der Waals surface area contributed by atoms with E-state index in [4.69, 9.17) is 4.84 Å². The normalized spacial score (nSPS) is 15.9. The Labute approximate surface area is 172 Å². The lowest BCUT2D eigenvalue weighted by Crippen LogP contribution is -2.33. The van der Waals surface area contributed by atoms with Crippen molar-refractivity contribution in [2.24, 2.45) is 12.0 Å². The van der Waals surface area contributed by atoms with Crippen molar-refractivity contribution in [1.82, 2.24) is 24.6 Å². The van der Waals surface area contributed by atoms with Gasteiger partial charge in [-0.1, -0.05) is 0 Å². The van der Waals surface area contributed by atoms with Gasteiger partial charge >= 0.3 is 0 Å². The monoisotopic (exact) mass is 409 g/mol. The molecule has 0 N–H and O–H groups in total. The number of halogens is 1. The molecule has 154 valence electrons. The van der Waals surface area contributed by atoms with E-state index in [0.29, 0.717) is 29.6 Å². The van der Waals surface area contributed by atoms with Crippen molar-refractivity contribution in [2.45, 2.75) is 13.2 Å². The Morgan fingerprint density at radius 2 is 2.00 bits per heavy atom. The van der Waals surface area contributed by atoms with E-state index in [2.05, 4.69) is 19.9 Å². The maximum absolute atomic E-state index is 14.1. The Bertz CT molecular complexity index is 1100. The first kappa shape index (κ1) is 19.6. The second-order valence-corrected chi connectivity index (χ2v) is 6.59. The molecule has 0 aliphatic carbocycles. The van der Waals surface area contributed by atoms with Crippen LogP contribution in [0.2, 0.25) is 0 Å². The number of rotatable bonds is 5. The lowest BCUT2D eigenvalue weighted by atomic mass is 10.2. The summed E-state index contributed by atoms with van der Waals surface area (Å²) in [5, 5.41) is 1.42. The summed E-state index contributed by atoms with van der Waals surface area (Å²) in [5.41, 5.74) is 1.34. The van der Waals surface area contributed by atoms with E-state index in [-0.39, 0.29) is 11.5 Å². The Morgan fingerprint density at radius 1 is 1.20 bits per heavy atom. The number of carbonyl (C=O) groups is 1. The minimum atomic E-state index is -0.855. The maximum atomic E-state index is 14.1. The number of anilines is 1. The van der Waals surface area contributed by atoms with E-state index in [0.717, 1.165) is 6.20 Å². The second kappa shape index (κ2) is 7.99. The Morgan fingerprint density at radius 3 is 2.70 bits per heavy atom. The van der Waals surface area contributed by atoms with Gasteiger partial charge in [-0.15, -0.1) is 0 Å². The minimum Gasteiger partial charge on any atom is -0.320 e. The largest absolute Gasteiger partial charge is 0.320 e. The van der Waals surface area contributed by atoms with Crippen LogP contribution in [0, 0.1) is 5.82 Å². The van der Waals surface area contributed by atoms with Crippen molar-refractivity contribution in [1.29, 1.82) is 0 Å². The molecule has 30 heavy (non-hydrogen) atoms. The standard InChI is InChI=1S/C20H20FN7O2/c1-4-28(13-6-5-8-22-10-13)20(29)16-12-24-17(26(16)2)18-25-19(30-27(18)3)14-7-9-23-11-15(14)21/h5-12,19H,4H2,1-3H3. The molecule has 0 aromatic carbocycles. The highest BCUT2D eigenvalue weighted by Gasteiger charge is 2.31. The van der Waals surface area contributed by atoms with Crippen LogP contribution in [0.15, 0.2) is 54.2 Å². The minimum absolute atomic E-state index is 0.217. The van der Waals surface area contributed by atoms with Gasteiger partial charge in [0.2, 0.25) is 6.23 Å². The van der Waals surface area contributed by atoms with Crippen molar-refractivity contribution in [3.8, 4) is 0 Å². The van der Waals surface area contributed by atoms with Crippen molar-refractivity contribution in [2.75, 3.05) is 18.5 Å². The first-order chi connectivity index (χ1) is 14.5. The average molecular weight is 409 g/mol. The fourth-order valence-electron chi connectivity index (χ4n) is 3.24. The lowest BCUT2D eigenvalue weighted by molar-refractivity contribution is -0.107. The number of hydrogen-bond donors (Lipinski definition) is 0. The molecule has 0 saturated carbocycles. The molecule has 1 amide bonds. The van der Waals surface area contributed by atoms with Crippen molar-refractivity contribution >= 4 is 17.4 Å². The van der Waals surface area contributed by atoms with Crippen molar-refractivity contribution in [3.63, 3.8) is 0 Å². The fraction of sp³-hybridized carbons (Fsp3) is 0.250. The molecule has 3 aromatic heterocycles. The molecule has 1 unspecified atom stereocenters. The van der Waals surface area contributed by atoms with Crippen LogP contribution in [0.3, 0.4) is 0 Å². The fourth-order valence-corrected chi connectivity index (χ4v) is 3.24. The summed E-state index contributed by atoms with van der Waals surface area (Å²) in [7, 11) is 3.38. The highest BCUT2D eigenvalue weighted by atomic mass is 19.1. The van der Waals surface area contributed by atoms with Gasteiger partial charge in [-0.2, -0.15) is 0 Å². The van der Waals surface area contributed by atoms with Gasteiger partial charge in [0.25, 0.3) is 5.91 Å². The second-order valence-electron chi connectivity index (χ2n) is 6.59. The van der Waals surface area contributed by atoms with E-state index in [1.54, 1.807) is 42.0 Å². The first-order valence-corrected chi connectivity index (χ1v) is 9.33. The summed E-state index contributed by atoms with van der Waals surface area (Å²) in [4.78, 5) is 37.1. The Hall–Kier alpha value is -3.66. The van der Waals surface area contributed by atoms with Crippen LogP contribution < -0.4 is 4.90 Å². The quantitative estimate of drug-likeness (QED) is 0.643. The molecule has 0 radical (unpaired) electrons. The summed E-state index contributed by atoms with van der Waals surface area (Å²) in [5.74, 6) is 0.0968. The molecule has 0 spiro atoms. The van der Waals surface area contributed by atoms with Gasteiger partial charge < -0.3 is 9.47 Å². The summed E-state index contributed by atoms with van der Waals surface area (Å²) in [6, 6.07) is 5.11. The van der Waals surface area contributed by atoms with Crippen LogP contribution in [0.5, 0.6) is 0 Å². The van der Waals surface area contributed by atoms with Gasteiger partial charge in [0.15, 0.2) is 11.7 Å². The molecule has 1 atom stereocenters. The van der Waals surface area contributed by atoms with Crippen LogP contribution in [-0.2, 0) is 11.9 Å². The van der Waals surface area contributed by atoms with Crippen molar-refractivity contribution in [3.05, 3.63) is 72.1 Å². The smallest absolute Gasteiger partial charge is 0.276 e. The maximum Gasteiger partial charge on any atom is 0.276 e. The molecule has 4 rings (SSSR count). The summed E-state index contributed by atoms with van der Waals surface area (Å²) in [6.07, 6.45) is 6.51. The highest BCUT2D eigenvalue weighted by Crippen LogP contribution is 2.29. The van der Waals surface area contributed by atoms with Crippen LogP contribution >= 0.6 is 0 Å². The van der Waals surface area contributed by atoms with E-state index in [1.165, 1.54) is 23.5 Å². The van der Waals surface area contributed by atoms with Gasteiger partial charge in [-0.25, -0.2) is 24.3 Å². The number of imidazole rings is 1. The summed E-state index contributed by atoms with van der Waals surface area (Å²) in [6.45, 7) is 2.36. The molecule has 0 fully saturated rings. The van der Waals surface area contributed by atoms with E-state index in [9.17, 15) is 9.18 Å². The molecule has 0 saturated heterocycles. The first-order valence-electron chi connectivity index (χ1n) is 9.33. The van der Waals surface area contributed by atoms with Crippen LogP contribution in [0.1, 0.15) is 35.0 Å². The third-order valence-electron chi connectivity index (χ3n) is 4.79. The van der Waals surface area contributed by atoms with Gasteiger partial charge in [0, 0.05) is 38.6 Å². The predicted molar refractivity (Wildman–Crippen MR) is 107 cm³/mol. The molecule has 1 aliphatic heterocycles. The zero-order valence-corrected chi connectivity index (χ0v) is 16.7. The Kier molecular flexibility index (Phi) is 5.23. The predicted octanol–water partition coefficient (Wildman–Crippen LogP) is 2.34. The number of hydroxylamine groups is 2. The third kappa shape index (κ3) is 3.41. The SMILES string of the molecule is CCN(C(=O)c1cnc(C2=NC(c3ccncc3F)ON2C)n1C)c1cccnc1. The number of amidine groups is 1. The molecular formula is C20H20FN7O2. The molecular weight excluding hydrogens is 389 g/mol.